The van der Waals surface area contributed by atoms with Crippen molar-refractivity contribution in [2.24, 2.45) is 0 Å². The summed E-state index contributed by atoms with van der Waals surface area (Å²) < 4.78 is 0. The number of nitrogens with zero attached hydrogens (tertiary/aromatic N) is 2. The maximum Gasteiger partial charge on any atom is 0.124 e. The molecule has 3 nitrogen and oxygen atoms in total. The molecule has 0 saturated carbocycles. The van der Waals surface area contributed by atoms with Gasteiger partial charge in [0.05, 0.1) is 17.1 Å². The molecule has 0 amide bonds. The van der Waals surface area contributed by atoms with Gasteiger partial charge in [0.25, 0.3) is 0 Å². The van der Waals surface area contributed by atoms with Gasteiger partial charge in [0.1, 0.15) is 5.75 Å². The van der Waals surface area contributed by atoms with Crippen molar-refractivity contribution in [3.8, 4) is 50.6 Å². The molecule has 0 radical (unpaired) electrons. The zero-order valence-corrected chi connectivity index (χ0v) is 25.8. The summed E-state index contributed by atoms with van der Waals surface area (Å²) in [5, 5.41) is 13.1. The molecule has 3 heteroatoms. The number of fused-ring (bicyclic) bond motifs is 1. The Labute approximate surface area is 254 Å². The van der Waals surface area contributed by atoms with E-state index in [-0.39, 0.29) is 16.6 Å². The molecule has 0 unspecified atom stereocenters. The highest BCUT2D eigenvalue weighted by molar-refractivity contribution is 5.86. The Kier molecular flexibility index (Phi) is 7.14. The number of aromatic nitrogens is 2. The number of pyridine rings is 2. The van der Waals surface area contributed by atoms with E-state index < -0.39 is 0 Å². The van der Waals surface area contributed by atoms with Crippen LogP contribution in [-0.2, 0) is 10.8 Å². The highest BCUT2D eigenvalue weighted by Crippen LogP contribution is 2.38. The van der Waals surface area contributed by atoms with Crippen LogP contribution in [0.2, 0.25) is 0 Å². The predicted octanol–water partition coefficient (Wildman–Crippen LogP) is 10.6. The van der Waals surface area contributed by atoms with Crippen LogP contribution in [0.25, 0.3) is 55.7 Å². The molecule has 6 aromatic rings. The van der Waals surface area contributed by atoms with Crippen molar-refractivity contribution in [3.05, 3.63) is 127 Å². The van der Waals surface area contributed by atoms with Gasteiger partial charge in [-0.3, -0.25) is 4.98 Å². The quantitative estimate of drug-likeness (QED) is 0.232. The van der Waals surface area contributed by atoms with Gasteiger partial charge in [-0.25, -0.2) is 4.98 Å². The van der Waals surface area contributed by atoms with Gasteiger partial charge in [-0.1, -0.05) is 114 Å². The number of hydrogen-bond acceptors (Lipinski definition) is 3. The Balaban J connectivity index is 1.55. The summed E-state index contributed by atoms with van der Waals surface area (Å²) in [4.78, 5) is 9.87. The van der Waals surface area contributed by atoms with E-state index >= 15 is 0 Å². The first kappa shape index (κ1) is 28.4. The molecular formula is C40H38N2O. The molecule has 214 valence electrons. The summed E-state index contributed by atoms with van der Waals surface area (Å²) in [7, 11) is 0. The molecule has 0 atom stereocenters. The second-order valence-electron chi connectivity index (χ2n) is 13.4. The Morgan fingerprint density at radius 2 is 1.07 bits per heavy atom. The highest BCUT2D eigenvalue weighted by Gasteiger charge is 2.22. The maximum atomic E-state index is 10.8. The molecular weight excluding hydrogens is 524 g/mol. The van der Waals surface area contributed by atoms with Gasteiger partial charge in [0, 0.05) is 28.3 Å². The number of benzene rings is 4. The van der Waals surface area contributed by atoms with E-state index in [1.54, 1.807) is 6.07 Å². The first-order valence-corrected chi connectivity index (χ1v) is 14.9. The van der Waals surface area contributed by atoms with Crippen LogP contribution in [-0.4, -0.2) is 15.1 Å². The van der Waals surface area contributed by atoms with Gasteiger partial charge < -0.3 is 5.11 Å². The van der Waals surface area contributed by atoms with Crippen molar-refractivity contribution in [1.82, 2.24) is 9.97 Å². The van der Waals surface area contributed by atoms with Gasteiger partial charge in [-0.05, 0) is 74.9 Å². The lowest BCUT2D eigenvalue weighted by molar-refractivity contribution is 0.477. The fraction of sp³-hybridized carbons (Fsp3) is 0.200. The minimum atomic E-state index is -0.00636. The summed E-state index contributed by atoms with van der Waals surface area (Å²) in [6, 6.07) is 37.5. The molecule has 43 heavy (non-hydrogen) atoms. The molecule has 0 spiro atoms. The number of aromatic hydroxyl groups is 1. The summed E-state index contributed by atoms with van der Waals surface area (Å²) in [5.74, 6) is 0.214. The summed E-state index contributed by atoms with van der Waals surface area (Å²) >= 11 is 0. The zero-order valence-electron chi connectivity index (χ0n) is 25.8. The van der Waals surface area contributed by atoms with Gasteiger partial charge in [0.2, 0.25) is 0 Å². The first-order valence-electron chi connectivity index (χ1n) is 14.9. The third kappa shape index (κ3) is 5.94. The minimum Gasteiger partial charge on any atom is -0.507 e. The second-order valence-corrected chi connectivity index (χ2v) is 13.4. The molecule has 0 aliphatic carbocycles. The van der Waals surface area contributed by atoms with Crippen LogP contribution in [0.5, 0.6) is 5.75 Å². The summed E-state index contributed by atoms with van der Waals surface area (Å²) in [6.07, 6.45) is 1.93. The van der Waals surface area contributed by atoms with Gasteiger partial charge in [-0.2, -0.15) is 0 Å². The van der Waals surface area contributed by atoms with Crippen LogP contribution in [0.3, 0.4) is 0 Å². The molecule has 2 heterocycles. The number of phenols is 1. The Morgan fingerprint density at radius 3 is 1.74 bits per heavy atom. The highest BCUT2D eigenvalue weighted by atomic mass is 16.3. The molecule has 4 aromatic carbocycles. The van der Waals surface area contributed by atoms with Crippen LogP contribution in [0.15, 0.2) is 115 Å². The minimum absolute atomic E-state index is 0.00636. The third-order valence-corrected chi connectivity index (χ3v) is 8.09. The van der Waals surface area contributed by atoms with Crippen LogP contribution in [0, 0.1) is 0 Å². The maximum absolute atomic E-state index is 10.8. The molecule has 0 aliphatic rings. The molecule has 0 bridgehead atoms. The lowest BCUT2D eigenvalue weighted by atomic mass is 9.79. The van der Waals surface area contributed by atoms with E-state index in [1.165, 1.54) is 11.1 Å². The Morgan fingerprint density at radius 1 is 0.488 bits per heavy atom. The van der Waals surface area contributed by atoms with E-state index in [2.05, 4.69) is 120 Å². The fourth-order valence-corrected chi connectivity index (χ4v) is 5.41. The second kappa shape index (κ2) is 10.8. The SMILES string of the molecule is CC(C)(C)c1cc(-c2cc(-c3cccc(-c4cc5ccccc5cn4)c3)nc(-c3ccccc3O)c2)cc(C(C)(C)C)c1. The molecule has 0 saturated heterocycles. The average molecular weight is 563 g/mol. The fourth-order valence-electron chi connectivity index (χ4n) is 5.41. The topological polar surface area (TPSA) is 46.0 Å². The third-order valence-electron chi connectivity index (χ3n) is 8.09. The summed E-state index contributed by atoms with van der Waals surface area (Å²) in [5.41, 5.74) is 10.0. The van der Waals surface area contributed by atoms with Crippen LogP contribution in [0.1, 0.15) is 52.7 Å². The summed E-state index contributed by atoms with van der Waals surface area (Å²) in [6.45, 7) is 13.6. The van der Waals surface area contributed by atoms with Crippen molar-refractivity contribution >= 4 is 10.8 Å². The Hall–Kier alpha value is -4.76. The van der Waals surface area contributed by atoms with Crippen LogP contribution < -0.4 is 0 Å². The predicted molar refractivity (Wildman–Crippen MR) is 180 cm³/mol. The average Bonchev–Trinajstić information content (AvgIpc) is 3.00. The van der Waals surface area contributed by atoms with Crippen molar-refractivity contribution in [1.29, 1.82) is 0 Å². The van der Waals surface area contributed by atoms with E-state index in [0.29, 0.717) is 5.56 Å². The molecule has 1 N–H and O–H groups in total. The van der Waals surface area contributed by atoms with Crippen molar-refractivity contribution in [3.63, 3.8) is 0 Å². The van der Waals surface area contributed by atoms with Crippen molar-refractivity contribution in [2.45, 2.75) is 52.4 Å². The van der Waals surface area contributed by atoms with Crippen molar-refractivity contribution in [2.75, 3.05) is 0 Å². The normalized spacial score (nSPS) is 12.0. The van der Waals surface area contributed by atoms with Gasteiger partial charge in [-0.15, -0.1) is 0 Å². The molecule has 0 aliphatic heterocycles. The lowest BCUT2D eigenvalue weighted by Crippen LogP contribution is -2.16. The first-order chi connectivity index (χ1) is 20.5. The van der Waals surface area contributed by atoms with E-state index in [4.69, 9.17) is 9.97 Å². The smallest absolute Gasteiger partial charge is 0.124 e. The monoisotopic (exact) mass is 562 g/mol. The van der Waals surface area contributed by atoms with Gasteiger partial charge in [0.15, 0.2) is 0 Å². The standard InChI is InChI=1S/C40H38N2O/c1-39(2,3)32-19-30(20-33(24-32)40(4,5)6)31-22-36(42-37(23-31)34-16-9-10-17-38(34)43)28-15-11-14-27(18-28)35-21-26-12-7-8-13-29(26)25-41-35/h7-25,43H,1-6H3. The number of para-hydroxylation sites is 1. The van der Waals surface area contributed by atoms with Crippen molar-refractivity contribution < 1.29 is 5.11 Å². The van der Waals surface area contributed by atoms with Crippen LogP contribution >= 0.6 is 0 Å². The van der Waals surface area contributed by atoms with Gasteiger partial charge >= 0.3 is 0 Å². The Bertz CT molecular complexity index is 1920. The zero-order chi connectivity index (χ0) is 30.4. The van der Waals surface area contributed by atoms with E-state index in [1.807, 2.05) is 30.5 Å². The largest absolute Gasteiger partial charge is 0.507 e. The van der Waals surface area contributed by atoms with E-state index in [0.717, 1.165) is 50.1 Å². The lowest BCUT2D eigenvalue weighted by Gasteiger charge is -2.26. The van der Waals surface area contributed by atoms with E-state index in [9.17, 15) is 5.11 Å². The number of hydrogen-bond donors (Lipinski definition) is 1. The molecule has 0 fully saturated rings. The number of rotatable bonds is 4. The molecule has 2 aromatic heterocycles. The molecule has 6 rings (SSSR count). The van der Waals surface area contributed by atoms with Crippen LogP contribution in [0.4, 0.5) is 0 Å². The number of phenolic OH excluding ortho intramolecular Hbond substituents is 1.